The molecule has 2 N–H and O–H groups in total. The van der Waals surface area contributed by atoms with Crippen LogP contribution in [0.2, 0.25) is 0 Å². The van der Waals surface area contributed by atoms with Crippen LogP contribution in [0.4, 0.5) is 0 Å². The summed E-state index contributed by atoms with van der Waals surface area (Å²) in [6.07, 6.45) is 1.40. The van der Waals surface area contributed by atoms with Crippen molar-refractivity contribution in [2.45, 2.75) is 46.2 Å². The number of para-hydroxylation sites is 2. The van der Waals surface area contributed by atoms with Gasteiger partial charge in [0.15, 0.2) is 16.9 Å². The third kappa shape index (κ3) is 4.39. The van der Waals surface area contributed by atoms with Gasteiger partial charge in [-0.25, -0.2) is 4.98 Å². The molecule has 1 aliphatic heterocycles. The Kier molecular flexibility index (Phi) is 6.03. The third-order valence-corrected chi connectivity index (χ3v) is 6.28. The summed E-state index contributed by atoms with van der Waals surface area (Å²) in [5, 5.41) is 2.98. The molecule has 1 aliphatic rings. The minimum Gasteiger partial charge on any atom is -0.454 e. The number of aryl methyl sites for hydroxylation is 1. The van der Waals surface area contributed by atoms with Crippen molar-refractivity contribution in [3.63, 3.8) is 0 Å². The van der Waals surface area contributed by atoms with Gasteiger partial charge in [-0.2, -0.15) is 0 Å². The smallest absolute Gasteiger partial charge is 0.257 e. The van der Waals surface area contributed by atoms with Crippen LogP contribution < -0.4 is 20.2 Å². The SMILES string of the molecule is CCCc1c(C(=O)NC(C)c2nc3ccccc3[nH]2)c(=O)cc(C)n1Cc1ccc2c(c1)OCO2. The zero-order valence-electron chi connectivity index (χ0n) is 20.1. The number of hydrogen-bond donors (Lipinski definition) is 2. The average Bonchev–Trinajstić information content (AvgIpc) is 3.48. The average molecular weight is 473 g/mol. The second-order valence-corrected chi connectivity index (χ2v) is 8.83. The molecule has 0 saturated heterocycles. The van der Waals surface area contributed by atoms with Crippen LogP contribution in [0.3, 0.4) is 0 Å². The molecule has 2 aromatic carbocycles. The highest BCUT2D eigenvalue weighted by Gasteiger charge is 2.23. The molecule has 0 bridgehead atoms. The number of hydrogen-bond acceptors (Lipinski definition) is 5. The van der Waals surface area contributed by atoms with Gasteiger partial charge in [-0.15, -0.1) is 0 Å². The van der Waals surface area contributed by atoms with Crippen LogP contribution in [-0.2, 0) is 13.0 Å². The van der Waals surface area contributed by atoms with E-state index in [-0.39, 0.29) is 17.8 Å². The molecule has 4 aromatic rings. The van der Waals surface area contributed by atoms with Crippen LogP contribution in [-0.4, -0.2) is 27.2 Å². The number of aromatic nitrogens is 3. The first kappa shape index (κ1) is 22.7. The summed E-state index contributed by atoms with van der Waals surface area (Å²) < 4.78 is 13.0. The first-order valence-electron chi connectivity index (χ1n) is 11.8. The summed E-state index contributed by atoms with van der Waals surface area (Å²) in [5.41, 5.74) is 4.17. The number of nitrogens with zero attached hydrogens (tertiary/aromatic N) is 2. The number of carbonyl (C=O) groups excluding carboxylic acids is 1. The molecule has 0 fully saturated rings. The number of aromatic amines is 1. The lowest BCUT2D eigenvalue weighted by Crippen LogP contribution is -2.34. The maximum absolute atomic E-state index is 13.4. The van der Waals surface area contributed by atoms with Crippen molar-refractivity contribution in [3.05, 3.63) is 87.1 Å². The van der Waals surface area contributed by atoms with E-state index in [2.05, 4.69) is 15.3 Å². The lowest BCUT2D eigenvalue weighted by Gasteiger charge is -2.21. The molecular weight excluding hydrogens is 444 g/mol. The first-order chi connectivity index (χ1) is 16.9. The number of carbonyl (C=O) groups is 1. The summed E-state index contributed by atoms with van der Waals surface area (Å²) >= 11 is 0. The second kappa shape index (κ2) is 9.29. The van der Waals surface area contributed by atoms with Crippen LogP contribution in [0.15, 0.2) is 53.3 Å². The Bertz CT molecular complexity index is 1440. The predicted molar refractivity (Wildman–Crippen MR) is 133 cm³/mol. The zero-order valence-corrected chi connectivity index (χ0v) is 20.1. The zero-order chi connectivity index (χ0) is 24.5. The summed E-state index contributed by atoms with van der Waals surface area (Å²) in [7, 11) is 0. The Morgan fingerprint density at radius 2 is 1.97 bits per heavy atom. The fourth-order valence-electron chi connectivity index (χ4n) is 4.53. The van der Waals surface area contributed by atoms with Gasteiger partial charge in [-0.05, 0) is 50.1 Å². The van der Waals surface area contributed by atoms with Crippen LogP contribution in [0.5, 0.6) is 11.5 Å². The summed E-state index contributed by atoms with van der Waals surface area (Å²) in [4.78, 5) is 34.3. The highest BCUT2D eigenvalue weighted by Crippen LogP contribution is 2.33. The molecule has 8 nitrogen and oxygen atoms in total. The molecule has 180 valence electrons. The van der Waals surface area contributed by atoms with Gasteiger partial charge in [-0.1, -0.05) is 31.5 Å². The van der Waals surface area contributed by atoms with E-state index in [1.807, 2.05) is 67.8 Å². The summed E-state index contributed by atoms with van der Waals surface area (Å²) in [6.45, 7) is 6.51. The molecule has 5 rings (SSSR count). The standard InChI is InChI=1S/C27H28N4O4/c1-4-7-21-25(27(33)28-17(3)26-29-19-8-5-6-9-20(19)30-26)22(32)12-16(2)31(21)14-18-10-11-23-24(13-18)35-15-34-23/h5-6,8-13,17H,4,7,14-15H2,1-3H3,(H,28,33)(H,29,30). The van der Waals surface area contributed by atoms with Crippen LogP contribution >= 0.6 is 0 Å². The van der Waals surface area contributed by atoms with E-state index in [1.165, 1.54) is 6.07 Å². The lowest BCUT2D eigenvalue weighted by atomic mass is 10.0. The van der Waals surface area contributed by atoms with E-state index in [9.17, 15) is 9.59 Å². The highest BCUT2D eigenvalue weighted by molar-refractivity contribution is 5.95. The third-order valence-electron chi connectivity index (χ3n) is 6.28. The minimum absolute atomic E-state index is 0.182. The van der Waals surface area contributed by atoms with Crippen molar-refractivity contribution < 1.29 is 14.3 Å². The number of rotatable bonds is 7. The summed E-state index contributed by atoms with van der Waals surface area (Å²) in [6, 6.07) is 14.6. The maximum Gasteiger partial charge on any atom is 0.257 e. The van der Waals surface area contributed by atoms with E-state index in [1.54, 1.807) is 0 Å². The quantitative estimate of drug-likeness (QED) is 0.419. The van der Waals surface area contributed by atoms with E-state index in [0.29, 0.717) is 24.5 Å². The Balaban J connectivity index is 1.47. The largest absolute Gasteiger partial charge is 0.454 e. The Morgan fingerprint density at radius 3 is 2.77 bits per heavy atom. The summed E-state index contributed by atoms with van der Waals surface area (Å²) in [5.74, 6) is 1.67. The van der Waals surface area contributed by atoms with Crippen molar-refractivity contribution in [3.8, 4) is 11.5 Å². The molecule has 0 aliphatic carbocycles. The van der Waals surface area contributed by atoms with Gasteiger partial charge in [0.05, 0.1) is 17.1 Å². The number of fused-ring (bicyclic) bond motifs is 2. The molecule has 1 amide bonds. The molecule has 2 aromatic heterocycles. The Morgan fingerprint density at radius 1 is 1.17 bits per heavy atom. The Labute approximate surface area is 202 Å². The van der Waals surface area contributed by atoms with Gasteiger partial charge in [-0.3, -0.25) is 9.59 Å². The van der Waals surface area contributed by atoms with Crippen LogP contribution in [0.25, 0.3) is 11.0 Å². The van der Waals surface area contributed by atoms with Crippen molar-refractivity contribution in [1.29, 1.82) is 0 Å². The fourth-order valence-corrected chi connectivity index (χ4v) is 4.53. The van der Waals surface area contributed by atoms with Gasteiger partial charge in [0, 0.05) is 24.0 Å². The van der Waals surface area contributed by atoms with Crippen molar-refractivity contribution in [2.24, 2.45) is 0 Å². The van der Waals surface area contributed by atoms with Crippen LogP contribution in [0, 0.1) is 6.92 Å². The molecule has 8 heteroatoms. The van der Waals surface area contributed by atoms with Gasteiger partial charge in [0.2, 0.25) is 6.79 Å². The van der Waals surface area contributed by atoms with E-state index >= 15 is 0 Å². The molecular formula is C27H28N4O4. The predicted octanol–water partition coefficient (Wildman–Crippen LogP) is 4.25. The minimum atomic E-state index is -0.397. The molecule has 3 heterocycles. The number of H-pyrrole nitrogens is 1. The van der Waals surface area contributed by atoms with Gasteiger partial charge in [0.25, 0.3) is 5.91 Å². The monoisotopic (exact) mass is 472 g/mol. The van der Waals surface area contributed by atoms with Crippen LogP contribution in [0.1, 0.15) is 59.4 Å². The lowest BCUT2D eigenvalue weighted by molar-refractivity contribution is 0.0935. The maximum atomic E-state index is 13.4. The number of amides is 1. The second-order valence-electron chi connectivity index (χ2n) is 8.83. The number of imidazole rings is 1. The van der Waals surface area contributed by atoms with Crippen molar-refractivity contribution >= 4 is 16.9 Å². The number of pyridine rings is 1. The van der Waals surface area contributed by atoms with E-state index < -0.39 is 11.9 Å². The molecule has 0 radical (unpaired) electrons. The number of nitrogens with one attached hydrogen (secondary N) is 2. The van der Waals surface area contributed by atoms with Crippen molar-refractivity contribution in [2.75, 3.05) is 6.79 Å². The van der Waals surface area contributed by atoms with E-state index in [0.717, 1.165) is 40.2 Å². The fraction of sp³-hybridized carbons (Fsp3) is 0.296. The number of benzene rings is 2. The van der Waals surface area contributed by atoms with Gasteiger partial charge in [0.1, 0.15) is 11.4 Å². The molecule has 1 atom stereocenters. The van der Waals surface area contributed by atoms with E-state index in [4.69, 9.17) is 9.47 Å². The Hall–Kier alpha value is -4.07. The number of ether oxygens (including phenoxy) is 2. The topological polar surface area (TPSA) is 98.2 Å². The molecule has 35 heavy (non-hydrogen) atoms. The van der Waals surface area contributed by atoms with Gasteiger partial charge >= 0.3 is 0 Å². The first-order valence-corrected chi connectivity index (χ1v) is 11.8. The molecule has 0 spiro atoms. The van der Waals surface area contributed by atoms with Gasteiger partial charge < -0.3 is 24.3 Å². The molecule has 0 saturated carbocycles. The highest BCUT2D eigenvalue weighted by atomic mass is 16.7. The molecule has 1 unspecified atom stereocenters. The van der Waals surface area contributed by atoms with Crippen molar-refractivity contribution in [1.82, 2.24) is 19.9 Å². The normalized spacial score (nSPS) is 13.2.